The van der Waals surface area contributed by atoms with Crippen molar-refractivity contribution in [3.05, 3.63) is 65.9 Å². The molecule has 7 heteroatoms. The van der Waals surface area contributed by atoms with Crippen molar-refractivity contribution in [2.45, 2.75) is 38.6 Å². The first-order valence-corrected chi connectivity index (χ1v) is 10.9. The highest BCUT2D eigenvalue weighted by Gasteiger charge is 2.29. The minimum absolute atomic E-state index is 0.0558. The number of nitrogens with one attached hydrogen (secondary N) is 2. The number of hydrogen-bond acceptors (Lipinski definition) is 4. The van der Waals surface area contributed by atoms with E-state index in [-0.39, 0.29) is 10.8 Å². The summed E-state index contributed by atoms with van der Waals surface area (Å²) in [6, 6.07) is 13.2. The average molecular weight is 412 g/mol. The van der Waals surface area contributed by atoms with E-state index in [9.17, 15) is 13.2 Å². The average Bonchev–Trinajstić information content (AvgIpc) is 2.68. The molecule has 2 aromatic carbocycles. The lowest BCUT2D eigenvalue weighted by Crippen LogP contribution is -2.47. The number of carbonyl (C=O) groups is 1. The van der Waals surface area contributed by atoms with Crippen molar-refractivity contribution in [3.8, 4) is 0 Å². The number of hydrogen-bond donors (Lipinski definition) is 2. The van der Waals surface area contributed by atoms with Gasteiger partial charge in [0.25, 0.3) is 0 Å². The maximum Gasteiger partial charge on any atom is 0.243 e. The molecule has 0 aliphatic heterocycles. The van der Waals surface area contributed by atoms with Crippen molar-refractivity contribution in [2.75, 3.05) is 5.32 Å². The number of aromatic nitrogens is 1. The van der Waals surface area contributed by atoms with E-state index in [0.29, 0.717) is 11.2 Å². The molecule has 0 bridgehead atoms. The van der Waals surface area contributed by atoms with E-state index < -0.39 is 22.0 Å². The smallest absolute Gasteiger partial charge is 0.243 e. The Morgan fingerprint density at radius 2 is 1.72 bits per heavy atom. The molecule has 1 amide bonds. The molecule has 6 nitrogen and oxygen atoms in total. The molecule has 0 aliphatic carbocycles. The summed E-state index contributed by atoms with van der Waals surface area (Å²) in [7, 11) is -3.96. The van der Waals surface area contributed by atoms with E-state index in [1.54, 1.807) is 50.4 Å². The van der Waals surface area contributed by atoms with Gasteiger partial charge in [-0.2, -0.15) is 4.72 Å². The molecule has 1 heterocycles. The Hall–Kier alpha value is -2.77. The second kappa shape index (κ2) is 8.31. The van der Waals surface area contributed by atoms with Gasteiger partial charge in [0.1, 0.15) is 10.9 Å². The Morgan fingerprint density at radius 3 is 2.41 bits per heavy atom. The molecule has 2 N–H and O–H groups in total. The van der Waals surface area contributed by atoms with E-state index in [4.69, 9.17) is 0 Å². The third-order valence-electron chi connectivity index (χ3n) is 4.89. The van der Waals surface area contributed by atoms with Gasteiger partial charge >= 0.3 is 0 Å². The molecular weight excluding hydrogens is 386 g/mol. The van der Waals surface area contributed by atoms with Gasteiger partial charge in [-0.05, 0) is 55.2 Å². The Balaban J connectivity index is 1.89. The standard InChI is InChI=1S/C22H25N3O3S/c1-14(2)20(22(26)24-18-11-10-15(3)16(4)13-18)25-29(27,28)19-9-5-7-17-8-6-12-23-21(17)19/h5-14,20,25H,1-4H3,(H,24,26). The topological polar surface area (TPSA) is 88.2 Å². The fourth-order valence-corrected chi connectivity index (χ4v) is 4.58. The van der Waals surface area contributed by atoms with Gasteiger partial charge in [0.15, 0.2) is 0 Å². The first kappa shape index (κ1) is 21.0. The van der Waals surface area contributed by atoms with Crippen LogP contribution in [0.5, 0.6) is 0 Å². The molecule has 0 saturated carbocycles. The number of rotatable bonds is 6. The zero-order chi connectivity index (χ0) is 21.2. The van der Waals surface area contributed by atoms with Crippen LogP contribution in [0.15, 0.2) is 59.6 Å². The fourth-order valence-electron chi connectivity index (χ4n) is 3.06. The molecule has 1 unspecified atom stereocenters. The molecule has 0 saturated heterocycles. The van der Waals surface area contributed by atoms with Gasteiger partial charge in [-0.1, -0.05) is 38.1 Å². The SMILES string of the molecule is Cc1ccc(NC(=O)C(NS(=O)(=O)c2cccc3cccnc23)C(C)C)cc1C. The maximum atomic E-state index is 13.1. The first-order valence-electron chi connectivity index (χ1n) is 9.43. The summed E-state index contributed by atoms with van der Waals surface area (Å²) in [6.07, 6.45) is 1.55. The third kappa shape index (κ3) is 4.63. The number of anilines is 1. The molecule has 3 rings (SSSR count). The van der Waals surface area contributed by atoms with Crippen LogP contribution in [0.25, 0.3) is 10.9 Å². The quantitative estimate of drug-likeness (QED) is 0.646. The maximum absolute atomic E-state index is 13.1. The first-order chi connectivity index (χ1) is 13.7. The largest absolute Gasteiger partial charge is 0.325 e. The van der Waals surface area contributed by atoms with Crippen LogP contribution in [0.1, 0.15) is 25.0 Å². The van der Waals surface area contributed by atoms with Crippen molar-refractivity contribution in [2.24, 2.45) is 5.92 Å². The lowest BCUT2D eigenvalue weighted by atomic mass is 10.0. The Bertz CT molecular complexity index is 1150. The molecular formula is C22H25N3O3S. The molecule has 152 valence electrons. The molecule has 0 radical (unpaired) electrons. The number of para-hydroxylation sites is 1. The van der Waals surface area contributed by atoms with Crippen LogP contribution in [-0.2, 0) is 14.8 Å². The van der Waals surface area contributed by atoms with Gasteiger partial charge in [0, 0.05) is 17.3 Å². The zero-order valence-corrected chi connectivity index (χ0v) is 17.7. The minimum atomic E-state index is -3.96. The van der Waals surface area contributed by atoms with Crippen molar-refractivity contribution >= 4 is 32.5 Å². The van der Waals surface area contributed by atoms with Gasteiger partial charge < -0.3 is 5.32 Å². The van der Waals surface area contributed by atoms with Gasteiger partial charge in [-0.15, -0.1) is 0 Å². The van der Waals surface area contributed by atoms with Crippen LogP contribution < -0.4 is 10.0 Å². The molecule has 0 fully saturated rings. The number of sulfonamides is 1. The summed E-state index contributed by atoms with van der Waals surface area (Å²) < 4.78 is 28.7. The van der Waals surface area contributed by atoms with E-state index >= 15 is 0 Å². The molecule has 3 aromatic rings. The summed E-state index contributed by atoms with van der Waals surface area (Å²) in [5.74, 6) is -0.653. The predicted molar refractivity (Wildman–Crippen MR) is 115 cm³/mol. The number of carbonyl (C=O) groups excluding carboxylic acids is 1. The number of fused-ring (bicyclic) bond motifs is 1. The molecule has 1 atom stereocenters. The summed E-state index contributed by atoms with van der Waals surface area (Å²) >= 11 is 0. The third-order valence-corrected chi connectivity index (χ3v) is 6.36. The zero-order valence-electron chi connectivity index (χ0n) is 16.9. The van der Waals surface area contributed by atoms with Crippen molar-refractivity contribution in [1.29, 1.82) is 0 Å². The van der Waals surface area contributed by atoms with Crippen LogP contribution in [0.4, 0.5) is 5.69 Å². The van der Waals surface area contributed by atoms with Crippen molar-refractivity contribution in [1.82, 2.24) is 9.71 Å². The summed E-state index contributed by atoms with van der Waals surface area (Å²) in [4.78, 5) is 17.1. The summed E-state index contributed by atoms with van der Waals surface area (Å²) in [5, 5.41) is 3.54. The second-order valence-electron chi connectivity index (χ2n) is 7.46. The number of nitrogens with zero attached hydrogens (tertiary/aromatic N) is 1. The number of pyridine rings is 1. The highest BCUT2D eigenvalue weighted by atomic mass is 32.2. The highest BCUT2D eigenvalue weighted by molar-refractivity contribution is 7.89. The number of aryl methyl sites for hydroxylation is 2. The van der Waals surface area contributed by atoms with E-state index in [2.05, 4.69) is 15.0 Å². The van der Waals surface area contributed by atoms with E-state index in [0.717, 1.165) is 16.5 Å². The predicted octanol–water partition coefficient (Wildman–Crippen LogP) is 3.79. The van der Waals surface area contributed by atoms with Gasteiger partial charge in [-0.25, -0.2) is 8.42 Å². The molecule has 0 aliphatic rings. The summed E-state index contributed by atoms with van der Waals surface area (Å²) in [5.41, 5.74) is 3.17. The lowest BCUT2D eigenvalue weighted by Gasteiger charge is -2.22. The highest BCUT2D eigenvalue weighted by Crippen LogP contribution is 2.22. The molecule has 29 heavy (non-hydrogen) atoms. The van der Waals surface area contributed by atoms with Gasteiger partial charge in [-0.3, -0.25) is 9.78 Å². The van der Waals surface area contributed by atoms with Crippen LogP contribution in [0.2, 0.25) is 0 Å². The fraction of sp³-hybridized carbons (Fsp3) is 0.273. The Morgan fingerprint density at radius 1 is 1.00 bits per heavy atom. The van der Waals surface area contributed by atoms with E-state index in [1.807, 2.05) is 26.0 Å². The lowest BCUT2D eigenvalue weighted by molar-refractivity contribution is -0.118. The second-order valence-corrected chi connectivity index (χ2v) is 9.14. The molecule has 0 spiro atoms. The number of amides is 1. The van der Waals surface area contributed by atoms with Crippen LogP contribution in [-0.4, -0.2) is 25.4 Å². The van der Waals surface area contributed by atoms with Gasteiger partial charge in [0.2, 0.25) is 15.9 Å². The van der Waals surface area contributed by atoms with Crippen LogP contribution >= 0.6 is 0 Å². The monoisotopic (exact) mass is 411 g/mol. The van der Waals surface area contributed by atoms with Gasteiger partial charge in [0.05, 0.1) is 5.52 Å². The van der Waals surface area contributed by atoms with Crippen molar-refractivity contribution < 1.29 is 13.2 Å². The van der Waals surface area contributed by atoms with E-state index in [1.165, 1.54) is 6.07 Å². The van der Waals surface area contributed by atoms with Crippen LogP contribution in [0, 0.1) is 19.8 Å². The Kier molecular flexibility index (Phi) is 6.00. The molecule has 1 aromatic heterocycles. The normalized spacial score (nSPS) is 12.9. The van der Waals surface area contributed by atoms with Crippen molar-refractivity contribution in [3.63, 3.8) is 0 Å². The summed E-state index contributed by atoms with van der Waals surface area (Å²) in [6.45, 7) is 7.55. The Labute approximate surface area is 171 Å². The number of benzene rings is 2. The van der Waals surface area contributed by atoms with Crippen LogP contribution in [0.3, 0.4) is 0 Å². The minimum Gasteiger partial charge on any atom is -0.325 e.